The third-order valence-corrected chi connectivity index (χ3v) is 5.07. The van der Waals surface area contributed by atoms with Crippen molar-refractivity contribution in [2.24, 2.45) is 0 Å². The third kappa shape index (κ3) is 1.70. The molecule has 3 rings (SSSR count). The van der Waals surface area contributed by atoms with Crippen molar-refractivity contribution < 1.29 is 0 Å². The number of rotatable bonds is 1. The van der Waals surface area contributed by atoms with E-state index in [1.54, 1.807) is 0 Å². The topological polar surface area (TPSA) is 12.0 Å². The summed E-state index contributed by atoms with van der Waals surface area (Å²) in [6.45, 7) is 0. The summed E-state index contributed by atoms with van der Waals surface area (Å²) in [5.74, 6) is 0. The van der Waals surface area contributed by atoms with E-state index in [9.17, 15) is 0 Å². The highest BCUT2D eigenvalue weighted by molar-refractivity contribution is 8.05. The second-order valence-electron chi connectivity index (χ2n) is 3.56. The van der Waals surface area contributed by atoms with Gasteiger partial charge in [-0.25, -0.2) is 0 Å². The van der Waals surface area contributed by atoms with E-state index in [0.29, 0.717) is 0 Å². The van der Waals surface area contributed by atoms with Crippen LogP contribution in [-0.4, -0.2) is 7.05 Å². The van der Waals surface area contributed by atoms with Crippen molar-refractivity contribution in [3.8, 4) is 0 Å². The minimum atomic E-state index is 1.17. The quantitative estimate of drug-likeness (QED) is 0.684. The SMILES string of the molecule is CNc1ccc2c(c1)Sc1ccccc1S2. The number of hydrogen-bond donors (Lipinski definition) is 1. The molecule has 0 bridgehead atoms. The fourth-order valence-electron chi connectivity index (χ4n) is 1.68. The first-order valence-corrected chi connectivity index (χ1v) is 6.76. The monoisotopic (exact) mass is 245 g/mol. The van der Waals surface area contributed by atoms with Gasteiger partial charge >= 0.3 is 0 Å². The molecular weight excluding hydrogens is 234 g/mol. The summed E-state index contributed by atoms with van der Waals surface area (Å²) in [6.07, 6.45) is 0. The van der Waals surface area contributed by atoms with Crippen LogP contribution in [0.15, 0.2) is 62.0 Å². The minimum absolute atomic E-state index is 1.17. The molecule has 3 heteroatoms. The maximum atomic E-state index is 3.18. The predicted molar refractivity (Wildman–Crippen MR) is 70.7 cm³/mol. The summed E-state index contributed by atoms with van der Waals surface area (Å²) in [5, 5.41) is 3.18. The molecule has 0 atom stereocenters. The van der Waals surface area contributed by atoms with Gasteiger partial charge in [0.1, 0.15) is 0 Å². The van der Waals surface area contributed by atoms with Crippen molar-refractivity contribution in [2.75, 3.05) is 12.4 Å². The Hall–Kier alpha value is -1.06. The van der Waals surface area contributed by atoms with Crippen LogP contribution in [0.5, 0.6) is 0 Å². The van der Waals surface area contributed by atoms with Gasteiger partial charge in [-0.3, -0.25) is 0 Å². The first-order valence-electron chi connectivity index (χ1n) is 5.13. The lowest BCUT2D eigenvalue weighted by molar-refractivity contribution is 1.16. The van der Waals surface area contributed by atoms with E-state index in [-0.39, 0.29) is 0 Å². The van der Waals surface area contributed by atoms with Crippen LogP contribution in [0.3, 0.4) is 0 Å². The maximum absolute atomic E-state index is 3.18. The zero-order chi connectivity index (χ0) is 11.0. The van der Waals surface area contributed by atoms with Crippen molar-refractivity contribution in [1.29, 1.82) is 0 Å². The van der Waals surface area contributed by atoms with Crippen molar-refractivity contribution in [2.45, 2.75) is 19.6 Å². The van der Waals surface area contributed by atoms with E-state index in [0.717, 1.165) is 0 Å². The largest absolute Gasteiger partial charge is 0.388 e. The smallest absolute Gasteiger partial charge is 0.0349 e. The summed E-state index contributed by atoms with van der Waals surface area (Å²) >= 11 is 3.70. The standard InChI is InChI=1S/C13H11NS2/c1-14-9-6-7-12-13(8-9)16-11-5-3-2-4-10(11)15-12/h2-8,14H,1H3. The van der Waals surface area contributed by atoms with Gasteiger partial charge < -0.3 is 5.32 Å². The van der Waals surface area contributed by atoms with Gasteiger partial charge in [0.05, 0.1) is 0 Å². The zero-order valence-corrected chi connectivity index (χ0v) is 10.5. The molecule has 2 aromatic rings. The summed E-state index contributed by atoms with van der Waals surface area (Å²) in [4.78, 5) is 5.41. The molecule has 1 aliphatic rings. The molecule has 0 saturated carbocycles. The number of benzene rings is 2. The van der Waals surface area contributed by atoms with Crippen LogP contribution >= 0.6 is 23.5 Å². The Bertz CT molecular complexity index is 537. The molecule has 80 valence electrons. The lowest BCUT2D eigenvalue weighted by atomic mass is 10.3. The van der Waals surface area contributed by atoms with Gasteiger partial charge in [0, 0.05) is 32.3 Å². The van der Waals surface area contributed by atoms with Gasteiger partial charge in [-0.05, 0) is 30.3 Å². The van der Waals surface area contributed by atoms with Crippen LogP contribution in [0.2, 0.25) is 0 Å². The van der Waals surface area contributed by atoms with Crippen molar-refractivity contribution in [3.05, 3.63) is 42.5 Å². The molecule has 0 radical (unpaired) electrons. The predicted octanol–water partition coefficient (Wildman–Crippen LogP) is 4.34. The lowest BCUT2D eigenvalue weighted by Crippen LogP contribution is -1.92. The van der Waals surface area contributed by atoms with Gasteiger partial charge in [-0.15, -0.1) is 0 Å². The fraction of sp³-hybridized carbons (Fsp3) is 0.0769. The van der Waals surface area contributed by atoms with E-state index < -0.39 is 0 Å². The normalized spacial score (nSPS) is 12.8. The van der Waals surface area contributed by atoms with E-state index in [1.165, 1.54) is 25.3 Å². The van der Waals surface area contributed by atoms with Gasteiger partial charge in [-0.1, -0.05) is 35.7 Å². The summed E-state index contributed by atoms with van der Waals surface area (Å²) in [5.41, 5.74) is 1.17. The van der Waals surface area contributed by atoms with Crippen LogP contribution in [0.1, 0.15) is 0 Å². The number of anilines is 1. The second-order valence-corrected chi connectivity index (χ2v) is 5.73. The zero-order valence-electron chi connectivity index (χ0n) is 8.86. The van der Waals surface area contributed by atoms with Crippen LogP contribution in [-0.2, 0) is 0 Å². The van der Waals surface area contributed by atoms with Crippen LogP contribution in [0.25, 0.3) is 0 Å². The van der Waals surface area contributed by atoms with Crippen LogP contribution in [0.4, 0.5) is 5.69 Å². The van der Waals surface area contributed by atoms with Gasteiger partial charge in [0.15, 0.2) is 0 Å². The average Bonchev–Trinajstić information content (AvgIpc) is 2.35. The molecule has 0 unspecified atom stereocenters. The fourth-order valence-corrected chi connectivity index (χ4v) is 3.94. The van der Waals surface area contributed by atoms with E-state index in [2.05, 4.69) is 47.8 Å². The summed E-state index contributed by atoms with van der Waals surface area (Å²) < 4.78 is 0. The molecule has 0 aliphatic carbocycles. The maximum Gasteiger partial charge on any atom is 0.0349 e. The van der Waals surface area contributed by atoms with Gasteiger partial charge in [-0.2, -0.15) is 0 Å². The first kappa shape index (κ1) is 10.1. The Kier molecular flexibility index (Phi) is 2.58. The molecule has 0 saturated heterocycles. The number of fused-ring (bicyclic) bond motifs is 2. The van der Waals surface area contributed by atoms with Crippen molar-refractivity contribution in [1.82, 2.24) is 0 Å². The molecule has 1 nitrogen and oxygen atoms in total. The highest BCUT2D eigenvalue weighted by Crippen LogP contribution is 2.48. The summed E-state index contributed by atoms with van der Waals surface area (Å²) in [6, 6.07) is 15.1. The Morgan fingerprint density at radius 1 is 0.812 bits per heavy atom. The Balaban J connectivity index is 2.05. The van der Waals surface area contributed by atoms with Crippen LogP contribution in [0, 0.1) is 0 Å². The number of hydrogen-bond acceptors (Lipinski definition) is 3. The second kappa shape index (κ2) is 4.07. The van der Waals surface area contributed by atoms with E-state index in [1.807, 2.05) is 30.6 Å². The third-order valence-electron chi connectivity index (χ3n) is 2.52. The molecule has 0 aromatic heterocycles. The minimum Gasteiger partial charge on any atom is -0.388 e. The number of nitrogens with one attached hydrogen (secondary N) is 1. The summed E-state index contributed by atoms with van der Waals surface area (Å²) in [7, 11) is 1.95. The molecule has 1 N–H and O–H groups in total. The molecule has 1 heterocycles. The highest BCUT2D eigenvalue weighted by Gasteiger charge is 2.16. The molecule has 16 heavy (non-hydrogen) atoms. The Morgan fingerprint density at radius 3 is 2.12 bits per heavy atom. The van der Waals surface area contributed by atoms with Crippen molar-refractivity contribution >= 4 is 29.2 Å². The Labute approximate surface area is 104 Å². The Morgan fingerprint density at radius 2 is 1.44 bits per heavy atom. The molecule has 1 aliphatic heterocycles. The molecule has 0 fully saturated rings. The first-order chi connectivity index (χ1) is 7.86. The molecular formula is C13H11NS2. The average molecular weight is 245 g/mol. The highest BCUT2D eigenvalue weighted by atomic mass is 32.2. The van der Waals surface area contributed by atoms with Gasteiger partial charge in [0.25, 0.3) is 0 Å². The van der Waals surface area contributed by atoms with Crippen LogP contribution < -0.4 is 5.32 Å². The van der Waals surface area contributed by atoms with E-state index in [4.69, 9.17) is 0 Å². The molecule has 2 aromatic carbocycles. The van der Waals surface area contributed by atoms with Crippen molar-refractivity contribution in [3.63, 3.8) is 0 Å². The molecule has 0 spiro atoms. The molecule has 0 amide bonds. The van der Waals surface area contributed by atoms with E-state index >= 15 is 0 Å². The lowest BCUT2D eigenvalue weighted by Gasteiger charge is -2.18. The van der Waals surface area contributed by atoms with Gasteiger partial charge in [0.2, 0.25) is 0 Å².